The SMILES string of the molecule is CC1(C)OB(c2cccc3c2C2(c4ccccc4-3)c3ccccc3N(c3ccccc3)c3ccccc32)OC1(C)C.Clc1cc(-c2ccccc2)nc(-c2ccccc2)n1.c1ccc(-c2cc(-c3cccc4c3C3(c5ccccc5-4)c4ccccc4N(c4ccccc4)c4ccccc43)nc(-c3ccccc3)n2)cc1. The van der Waals surface area contributed by atoms with Gasteiger partial charge in [0.05, 0.1) is 61.9 Å². The number of para-hydroxylation sites is 6. The van der Waals surface area contributed by atoms with Crippen molar-refractivity contribution < 1.29 is 9.31 Å². The topological polar surface area (TPSA) is 76.5 Å². The number of nitrogens with zero attached hydrogens (tertiary/aromatic N) is 6. The molecular formula is C100H74BClN6O2. The highest BCUT2D eigenvalue weighted by Gasteiger charge is 2.58. The van der Waals surface area contributed by atoms with Crippen LogP contribution in [0.3, 0.4) is 0 Å². The van der Waals surface area contributed by atoms with E-state index in [-0.39, 0.29) is 0 Å². The lowest BCUT2D eigenvalue weighted by Crippen LogP contribution is -2.44. The molecule has 0 atom stereocenters. The van der Waals surface area contributed by atoms with Crippen LogP contribution in [0.1, 0.15) is 72.2 Å². The van der Waals surface area contributed by atoms with Crippen LogP contribution in [0, 0.1) is 0 Å². The lowest BCUT2D eigenvalue weighted by Gasteiger charge is -2.45. The number of hydrogen-bond acceptors (Lipinski definition) is 8. The summed E-state index contributed by atoms with van der Waals surface area (Å²) < 4.78 is 13.5. The Morgan fingerprint density at radius 3 is 1.02 bits per heavy atom. The molecule has 1 fully saturated rings. The van der Waals surface area contributed by atoms with Gasteiger partial charge in [-0.2, -0.15) is 0 Å². The molecule has 110 heavy (non-hydrogen) atoms. The molecule has 5 heterocycles. The van der Waals surface area contributed by atoms with Crippen molar-refractivity contribution in [1.29, 1.82) is 0 Å². The van der Waals surface area contributed by atoms with E-state index >= 15 is 0 Å². The van der Waals surface area contributed by atoms with Crippen LogP contribution in [-0.4, -0.2) is 38.3 Å². The van der Waals surface area contributed by atoms with Crippen LogP contribution in [0.5, 0.6) is 0 Å². The average molecular weight is 1440 g/mol. The maximum atomic E-state index is 6.74. The Kier molecular flexibility index (Phi) is 16.9. The van der Waals surface area contributed by atoms with Gasteiger partial charge in [-0.15, -0.1) is 0 Å². The third kappa shape index (κ3) is 11.1. The molecule has 5 aliphatic rings. The molecule has 3 aliphatic heterocycles. The molecule has 16 aromatic rings. The molecule has 0 unspecified atom stereocenters. The molecule has 14 aromatic carbocycles. The first-order valence-corrected chi connectivity index (χ1v) is 37.9. The summed E-state index contributed by atoms with van der Waals surface area (Å²) >= 11 is 6.10. The van der Waals surface area contributed by atoms with Gasteiger partial charge in [-0.05, 0) is 155 Å². The summed E-state index contributed by atoms with van der Waals surface area (Å²) in [5, 5.41) is 0.452. The first-order chi connectivity index (χ1) is 54.0. The molecule has 8 nitrogen and oxygen atoms in total. The number of fused-ring (bicyclic) bond motifs is 18. The van der Waals surface area contributed by atoms with E-state index in [0.29, 0.717) is 16.8 Å². The van der Waals surface area contributed by atoms with Gasteiger partial charge in [0.2, 0.25) is 0 Å². The minimum atomic E-state index is -0.592. The number of aromatic nitrogens is 4. The van der Waals surface area contributed by atoms with Crippen molar-refractivity contribution in [2.24, 2.45) is 0 Å². The molecular weight excluding hydrogens is 1360 g/mol. The molecule has 21 rings (SSSR count). The summed E-state index contributed by atoms with van der Waals surface area (Å²) in [6.45, 7) is 8.51. The van der Waals surface area contributed by atoms with E-state index in [1.54, 1.807) is 6.07 Å². The molecule has 0 bridgehead atoms. The first kappa shape index (κ1) is 67.7. The van der Waals surface area contributed by atoms with Crippen molar-refractivity contribution in [3.05, 3.63) is 426 Å². The van der Waals surface area contributed by atoms with Crippen molar-refractivity contribution in [1.82, 2.24) is 19.9 Å². The summed E-state index contributed by atoms with van der Waals surface area (Å²) in [7, 11) is -0.479. The van der Waals surface area contributed by atoms with E-state index in [1.165, 1.54) is 89.5 Å². The largest absolute Gasteiger partial charge is 0.495 e. The molecule has 1 saturated heterocycles. The molecule has 0 amide bonds. The van der Waals surface area contributed by atoms with Gasteiger partial charge in [-0.25, -0.2) is 19.9 Å². The lowest BCUT2D eigenvalue weighted by atomic mass is 9.60. The van der Waals surface area contributed by atoms with Gasteiger partial charge in [0.15, 0.2) is 11.6 Å². The second-order valence-electron chi connectivity index (χ2n) is 29.4. The standard InChI is InChI=1S/C47H31N3.C37H32BNO2.C16H11ClN2/c1-4-17-32(18-5-1)41-31-42(49-46(48-41)33-19-6-2-7-20-33)37-25-16-24-36-35-23-10-11-26-38(35)47(45(36)37)39-27-12-14-29-43(39)50(34-21-8-3-9-22-34)44-30-15-13-28-40(44)47;1-35(2)36(3,4)41-38(40-35)31-22-14-18-27-26-17-8-9-19-28(26)37(34(27)31)29-20-10-12-23-32(29)39(25-15-6-5-7-16-25)33-24-13-11-21-30(33)37;17-15-11-14(12-7-3-1-4-8-12)18-16(19-15)13-9-5-2-6-10-13/h1-31H;5-24H,1-4H3;1-11H. The highest BCUT2D eigenvalue weighted by Crippen LogP contribution is 2.66. The Morgan fingerprint density at radius 1 is 0.273 bits per heavy atom. The van der Waals surface area contributed by atoms with Gasteiger partial charge in [-0.3, -0.25) is 0 Å². The van der Waals surface area contributed by atoms with Crippen LogP contribution in [0.25, 0.3) is 78.8 Å². The predicted octanol–water partition coefficient (Wildman–Crippen LogP) is 24.2. The van der Waals surface area contributed by atoms with Gasteiger partial charge in [0, 0.05) is 45.3 Å². The summed E-state index contributed by atoms with van der Waals surface area (Å²) in [5.74, 6) is 1.36. The predicted molar refractivity (Wildman–Crippen MR) is 450 cm³/mol. The Bertz CT molecular complexity index is 5940. The maximum Gasteiger partial charge on any atom is 0.495 e. The van der Waals surface area contributed by atoms with E-state index in [9.17, 15) is 0 Å². The number of hydrogen-bond donors (Lipinski definition) is 0. The minimum absolute atomic E-state index is 0.439. The smallest absolute Gasteiger partial charge is 0.399 e. The second-order valence-corrected chi connectivity index (χ2v) is 29.8. The summed E-state index contributed by atoms with van der Waals surface area (Å²) in [6.07, 6.45) is 0. The summed E-state index contributed by atoms with van der Waals surface area (Å²) in [5.41, 5.74) is 29.0. The van der Waals surface area contributed by atoms with Gasteiger partial charge >= 0.3 is 7.12 Å². The molecule has 526 valence electrons. The fourth-order valence-electron chi connectivity index (χ4n) is 17.4. The normalized spacial score (nSPS) is 14.8. The van der Waals surface area contributed by atoms with Gasteiger partial charge in [0.25, 0.3) is 0 Å². The number of halogens is 1. The quantitative estimate of drug-likeness (QED) is 0.110. The van der Waals surface area contributed by atoms with Crippen LogP contribution >= 0.6 is 11.6 Å². The zero-order valence-electron chi connectivity index (χ0n) is 61.3. The van der Waals surface area contributed by atoms with E-state index in [1.807, 2.05) is 84.9 Å². The number of rotatable bonds is 8. The van der Waals surface area contributed by atoms with Crippen molar-refractivity contribution in [3.8, 4) is 78.8 Å². The van der Waals surface area contributed by atoms with Crippen LogP contribution in [0.4, 0.5) is 34.1 Å². The number of anilines is 6. The minimum Gasteiger partial charge on any atom is -0.399 e. The maximum absolute atomic E-state index is 6.74. The molecule has 10 heteroatoms. The highest BCUT2D eigenvalue weighted by atomic mass is 35.5. The van der Waals surface area contributed by atoms with E-state index in [2.05, 4.69) is 333 Å². The third-order valence-electron chi connectivity index (χ3n) is 22.8. The van der Waals surface area contributed by atoms with Crippen molar-refractivity contribution in [2.75, 3.05) is 9.80 Å². The van der Waals surface area contributed by atoms with E-state index in [4.69, 9.17) is 30.9 Å². The monoisotopic (exact) mass is 1440 g/mol. The second kappa shape index (κ2) is 27.4. The molecule has 0 N–H and O–H groups in total. The molecule has 2 spiro atoms. The molecule has 0 radical (unpaired) electrons. The van der Waals surface area contributed by atoms with Crippen LogP contribution in [0.2, 0.25) is 5.15 Å². The van der Waals surface area contributed by atoms with Gasteiger partial charge in [-0.1, -0.05) is 327 Å². The highest BCUT2D eigenvalue weighted by molar-refractivity contribution is 6.63. The van der Waals surface area contributed by atoms with Crippen molar-refractivity contribution >= 4 is 58.3 Å². The Hall–Kier alpha value is -12.9. The fraction of sp³-hybridized carbons (Fsp3) is 0.0800. The van der Waals surface area contributed by atoms with Gasteiger partial charge in [0.1, 0.15) is 5.15 Å². The van der Waals surface area contributed by atoms with Crippen molar-refractivity contribution in [2.45, 2.75) is 49.7 Å². The van der Waals surface area contributed by atoms with E-state index < -0.39 is 29.2 Å². The zero-order chi connectivity index (χ0) is 74.1. The average Bonchev–Trinajstić information content (AvgIpc) is 1.47. The van der Waals surface area contributed by atoms with Crippen LogP contribution in [0.15, 0.2) is 376 Å². The van der Waals surface area contributed by atoms with E-state index in [0.717, 1.165) is 61.7 Å². The summed E-state index contributed by atoms with van der Waals surface area (Å²) in [4.78, 5) is 24.2. The van der Waals surface area contributed by atoms with Crippen LogP contribution < -0.4 is 15.3 Å². The summed E-state index contributed by atoms with van der Waals surface area (Å²) in [6, 6.07) is 133. The zero-order valence-corrected chi connectivity index (χ0v) is 62.0. The molecule has 2 aromatic heterocycles. The lowest BCUT2D eigenvalue weighted by molar-refractivity contribution is 0.00578. The fourth-order valence-corrected chi connectivity index (χ4v) is 17.6. The molecule has 2 aliphatic carbocycles. The van der Waals surface area contributed by atoms with Crippen LogP contribution in [-0.2, 0) is 20.1 Å². The van der Waals surface area contributed by atoms with Gasteiger partial charge < -0.3 is 19.1 Å². The first-order valence-electron chi connectivity index (χ1n) is 37.6. The Morgan fingerprint density at radius 2 is 0.582 bits per heavy atom. The Labute approximate surface area is 647 Å². The number of benzene rings is 14. The van der Waals surface area contributed by atoms with Crippen molar-refractivity contribution in [3.63, 3.8) is 0 Å². The third-order valence-corrected chi connectivity index (χ3v) is 23.0. The molecule has 0 saturated carbocycles. The Balaban J connectivity index is 0.000000122.